The van der Waals surface area contributed by atoms with E-state index in [9.17, 15) is 19.8 Å². The van der Waals surface area contributed by atoms with Crippen LogP contribution >= 0.6 is 0 Å². The van der Waals surface area contributed by atoms with E-state index in [2.05, 4.69) is 0 Å². The molecular formula is C16H22O8. The van der Waals surface area contributed by atoms with Crippen molar-refractivity contribution in [1.29, 1.82) is 0 Å². The topological polar surface area (TPSA) is 134 Å². The zero-order valence-corrected chi connectivity index (χ0v) is 13.2. The number of carboxylic acids is 2. The van der Waals surface area contributed by atoms with E-state index in [1.165, 1.54) is 12.1 Å². The van der Waals surface area contributed by atoms with E-state index < -0.39 is 11.9 Å². The summed E-state index contributed by atoms with van der Waals surface area (Å²) in [7, 11) is 0. The summed E-state index contributed by atoms with van der Waals surface area (Å²) in [6.45, 7) is 0.271. The van der Waals surface area contributed by atoms with Crippen LogP contribution in [0.2, 0.25) is 0 Å². The van der Waals surface area contributed by atoms with Crippen LogP contribution in [0.25, 0.3) is 0 Å². The molecule has 24 heavy (non-hydrogen) atoms. The molecule has 0 saturated carbocycles. The van der Waals surface area contributed by atoms with Crippen molar-refractivity contribution in [3.05, 3.63) is 34.4 Å². The number of hydrogen-bond acceptors (Lipinski definition) is 6. The molecule has 4 N–H and O–H groups in total. The largest absolute Gasteiger partial charge is 0.478 e. The average molecular weight is 342 g/mol. The Bertz CT molecular complexity index is 555. The number of hydrogen-bond donors (Lipinski definition) is 4. The van der Waals surface area contributed by atoms with Crippen molar-refractivity contribution in [3.63, 3.8) is 0 Å². The lowest BCUT2D eigenvalue weighted by Gasteiger charge is -2.15. The van der Waals surface area contributed by atoms with Gasteiger partial charge in [-0.1, -0.05) is 6.07 Å². The quantitative estimate of drug-likeness (QED) is 0.396. The summed E-state index contributed by atoms with van der Waals surface area (Å²) >= 11 is 0. The van der Waals surface area contributed by atoms with Crippen molar-refractivity contribution in [3.8, 4) is 0 Å². The lowest BCUT2D eigenvalue weighted by molar-refractivity contribution is 0.0687. The number of aliphatic hydroxyl groups excluding tert-OH is 2. The number of aromatic carboxylic acids is 2. The SMILES string of the molecule is O=C(O)c1ccc(CCOCCO)c(C(=O)O)c1CCOCCO. The van der Waals surface area contributed by atoms with Crippen LogP contribution < -0.4 is 0 Å². The van der Waals surface area contributed by atoms with Crippen molar-refractivity contribution in [2.45, 2.75) is 12.8 Å². The van der Waals surface area contributed by atoms with Crippen molar-refractivity contribution < 1.29 is 39.5 Å². The standard InChI is InChI=1S/C16H22O8/c17-5-9-23-7-3-11-1-2-13(15(19)20)12(14(11)16(21)22)4-8-24-10-6-18/h1-2,17-18H,3-10H2,(H,19,20)(H,21,22). The Labute approximate surface area is 139 Å². The molecule has 0 aliphatic rings. The molecule has 0 radical (unpaired) electrons. The summed E-state index contributed by atoms with van der Waals surface area (Å²) < 4.78 is 10.3. The van der Waals surface area contributed by atoms with Crippen LogP contribution in [0.1, 0.15) is 31.8 Å². The minimum Gasteiger partial charge on any atom is -0.478 e. The summed E-state index contributed by atoms with van der Waals surface area (Å²) in [5.41, 5.74) is 0.505. The van der Waals surface area contributed by atoms with Gasteiger partial charge in [-0.2, -0.15) is 0 Å². The number of carboxylic acid groups (broad SMARTS) is 2. The third-order valence-electron chi connectivity index (χ3n) is 3.33. The molecule has 1 aromatic carbocycles. The second-order valence-electron chi connectivity index (χ2n) is 4.91. The maximum absolute atomic E-state index is 11.6. The fourth-order valence-corrected chi connectivity index (χ4v) is 2.32. The predicted molar refractivity (Wildman–Crippen MR) is 83.6 cm³/mol. The highest BCUT2D eigenvalue weighted by Gasteiger charge is 2.22. The summed E-state index contributed by atoms with van der Waals surface area (Å²) in [5, 5.41) is 36.2. The molecule has 0 aliphatic heterocycles. The summed E-state index contributed by atoms with van der Waals surface area (Å²) in [6.07, 6.45) is 0.390. The van der Waals surface area contributed by atoms with Gasteiger partial charge < -0.3 is 29.9 Å². The first kappa shape index (κ1) is 20.0. The van der Waals surface area contributed by atoms with E-state index in [1.807, 2.05) is 0 Å². The van der Waals surface area contributed by atoms with Crippen molar-refractivity contribution in [2.24, 2.45) is 0 Å². The Balaban J connectivity index is 3.07. The van der Waals surface area contributed by atoms with Crippen molar-refractivity contribution in [2.75, 3.05) is 39.6 Å². The first-order valence-corrected chi connectivity index (χ1v) is 7.51. The van der Waals surface area contributed by atoms with Gasteiger partial charge in [0.05, 0.1) is 50.8 Å². The highest BCUT2D eigenvalue weighted by molar-refractivity contribution is 5.97. The number of benzene rings is 1. The van der Waals surface area contributed by atoms with Gasteiger partial charge in [0.15, 0.2) is 0 Å². The van der Waals surface area contributed by atoms with Crippen LogP contribution in [0, 0.1) is 0 Å². The Morgan fingerprint density at radius 2 is 1.42 bits per heavy atom. The van der Waals surface area contributed by atoms with Crippen molar-refractivity contribution in [1.82, 2.24) is 0 Å². The molecule has 0 fully saturated rings. The number of aliphatic hydroxyl groups is 2. The van der Waals surface area contributed by atoms with Gasteiger partial charge in [-0.05, 0) is 30.0 Å². The highest BCUT2D eigenvalue weighted by Crippen LogP contribution is 2.22. The van der Waals surface area contributed by atoms with Crippen LogP contribution in [0.4, 0.5) is 0 Å². The second-order valence-corrected chi connectivity index (χ2v) is 4.91. The normalized spacial score (nSPS) is 10.8. The van der Waals surface area contributed by atoms with E-state index in [0.29, 0.717) is 5.56 Å². The van der Waals surface area contributed by atoms with Gasteiger partial charge in [0, 0.05) is 0 Å². The van der Waals surface area contributed by atoms with Gasteiger partial charge >= 0.3 is 11.9 Å². The molecule has 1 rings (SSSR count). The molecule has 1 aromatic rings. The summed E-state index contributed by atoms with van der Waals surface area (Å²) in [4.78, 5) is 23.0. The van der Waals surface area contributed by atoms with Crippen LogP contribution in [0.5, 0.6) is 0 Å². The molecule has 8 heteroatoms. The summed E-state index contributed by atoms with van der Waals surface area (Å²) in [6, 6.07) is 2.84. The Hall–Kier alpha value is -2.00. The minimum absolute atomic E-state index is 0.0601. The summed E-state index contributed by atoms with van der Waals surface area (Å²) in [5.74, 6) is -2.43. The highest BCUT2D eigenvalue weighted by atomic mass is 16.5. The molecule has 0 unspecified atom stereocenters. The lowest BCUT2D eigenvalue weighted by Crippen LogP contribution is -2.16. The molecule has 0 atom stereocenters. The van der Waals surface area contributed by atoms with Gasteiger partial charge in [-0.3, -0.25) is 0 Å². The molecule has 0 amide bonds. The average Bonchev–Trinajstić information content (AvgIpc) is 2.54. The zero-order chi connectivity index (χ0) is 17.9. The molecule has 0 bridgehead atoms. The Morgan fingerprint density at radius 1 is 0.833 bits per heavy atom. The second kappa shape index (κ2) is 10.7. The minimum atomic E-state index is -1.22. The van der Waals surface area contributed by atoms with Crippen molar-refractivity contribution >= 4 is 11.9 Å². The van der Waals surface area contributed by atoms with Crippen LogP contribution in [0.3, 0.4) is 0 Å². The smallest absolute Gasteiger partial charge is 0.336 e. The number of ether oxygens (including phenoxy) is 2. The van der Waals surface area contributed by atoms with E-state index in [4.69, 9.17) is 19.7 Å². The zero-order valence-electron chi connectivity index (χ0n) is 13.2. The van der Waals surface area contributed by atoms with Crippen LogP contribution in [0.15, 0.2) is 12.1 Å². The molecule has 8 nitrogen and oxygen atoms in total. The fourth-order valence-electron chi connectivity index (χ4n) is 2.32. The lowest BCUT2D eigenvalue weighted by atomic mass is 9.92. The molecule has 0 aromatic heterocycles. The molecule has 0 saturated heterocycles. The fraction of sp³-hybridized carbons (Fsp3) is 0.500. The predicted octanol–water partition coefficient (Wildman–Crippen LogP) is 0.186. The van der Waals surface area contributed by atoms with Gasteiger partial charge in [0.2, 0.25) is 0 Å². The van der Waals surface area contributed by atoms with Gasteiger partial charge in [-0.15, -0.1) is 0 Å². The first-order chi connectivity index (χ1) is 11.5. The Kier molecular flexibility index (Phi) is 8.95. The van der Waals surface area contributed by atoms with Crippen LogP contribution in [-0.2, 0) is 22.3 Å². The Morgan fingerprint density at radius 3 is 1.92 bits per heavy atom. The maximum atomic E-state index is 11.6. The third kappa shape index (κ3) is 5.89. The van der Waals surface area contributed by atoms with Gasteiger partial charge in [0.1, 0.15) is 0 Å². The molecule has 0 heterocycles. The van der Waals surface area contributed by atoms with E-state index >= 15 is 0 Å². The first-order valence-electron chi connectivity index (χ1n) is 7.51. The molecule has 134 valence electrons. The van der Waals surface area contributed by atoms with E-state index in [-0.39, 0.29) is 69.2 Å². The van der Waals surface area contributed by atoms with E-state index in [0.717, 1.165) is 0 Å². The maximum Gasteiger partial charge on any atom is 0.336 e. The molecular weight excluding hydrogens is 320 g/mol. The monoisotopic (exact) mass is 342 g/mol. The molecule has 0 aliphatic carbocycles. The number of rotatable bonds is 12. The van der Waals surface area contributed by atoms with E-state index in [1.54, 1.807) is 0 Å². The molecule has 0 spiro atoms. The number of carbonyl (C=O) groups is 2. The van der Waals surface area contributed by atoms with Gasteiger partial charge in [0.25, 0.3) is 0 Å². The van der Waals surface area contributed by atoms with Gasteiger partial charge in [-0.25, -0.2) is 9.59 Å². The van der Waals surface area contributed by atoms with Crippen LogP contribution in [-0.4, -0.2) is 72.0 Å². The third-order valence-corrected chi connectivity index (χ3v) is 3.33.